The molecule has 0 heteroatoms. The molecule has 0 N–H and O–H groups in total. The van der Waals surface area contributed by atoms with Crippen LogP contribution in [0.2, 0.25) is 0 Å². The van der Waals surface area contributed by atoms with Crippen molar-refractivity contribution in [1.29, 1.82) is 0 Å². The number of hydrogen-bond donors (Lipinski definition) is 0. The van der Waals surface area contributed by atoms with E-state index in [1.165, 1.54) is 36.0 Å². The van der Waals surface area contributed by atoms with Crippen LogP contribution in [0.25, 0.3) is 0 Å². The molecular weight excluding hydrogens is 252 g/mol. The number of hydrogen-bond acceptors (Lipinski definition) is 0. The summed E-state index contributed by atoms with van der Waals surface area (Å²) in [5.41, 5.74) is 3.67. The molecule has 0 amide bonds. The molecule has 2 atom stereocenters. The van der Waals surface area contributed by atoms with E-state index >= 15 is 0 Å². The third-order valence-electron chi connectivity index (χ3n) is 4.32. The number of unbranched alkanes of at least 4 members (excludes halogenated alkanes) is 1. The fraction of sp³-hybridized carbons (Fsp3) is 0.524. The summed E-state index contributed by atoms with van der Waals surface area (Å²) in [7, 11) is 0. The van der Waals surface area contributed by atoms with Gasteiger partial charge in [-0.1, -0.05) is 61.6 Å². The van der Waals surface area contributed by atoms with Crippen molar-refractivity contribution in [2.45, 2.75) is 59.3 Å². The SMILES string of the molecule is C=CCCC(=C)C(=C)C[C@@H](CCC/C=C\C)C(C)C(=C)C. The van der Waals surface area contributed by atoms with Crippen LogP contribution >= 0.6 is 0 Å². The lowest BCUT2D eigenvalue weighted by molar-refractivity contribution is 0.367. The zero-order chi connectivity index (χ0) is 16.3. The van der Waals surface area contributed by atoms with Crippen LogP contribution < -0.4 is 0 Å². The third kappa shape index (κ3) is 8.55. The molecule has 0 radical (unpaired) electrons. The molecule has 0 fully saturated rings. The first-order chi connectivity index (χ1) is 9.93. The van der Waals surface area contributed by atoms with E-state index in [0.717, 1.165) is 19.3 Å². The molecule has 21 heavy (non-hydrogen) atoms. The predicted molar refractivity (Wildman–Crippen MR) is 98.5 cm³/mol. The van der Waals surface area contributed by atoms with Crippen LogP contribution in [0.4, 0.5) is 0 Å². The van der Waals surface area contributed by atoms with E-state index in [-0.39, 0.29) is 0 Å². The average Bonchev–Trinajstić information content (AvgIpc) is 2.46. The topological polar surface area (TPSA) is 0 Å². The van der Waals surface area contributed by atoms with Gasteiger partial charge in [0.25, 0.3) is 0 Å². The molecule has 0 saturated heterocycles. The molecule has 0 aromatic carbocycles. The molecule has 0 spiro atoms. The Balaban J connectivity index is 4.57. The normalized spacial score (nSPS) is 13.9. The summed E-state index contributed by atoms with van der Waals surface area (Å²) in [6.45, 7) is 22.9. The van der Waals surface area contributed by atoms with Gasteiger partial charge in [0.05, 0.1) is 0 Å². The van der Waals surface area contributed by atoms with Crippen molar-refractivity contribution in [3.63, 3.8) is 0 Å². The Labute approximate surface area is 133 Å². The third-order valence-corrected chi connectivity index (χ3v) is 4.32. The standard InChI is InChI=1S/C21H34/c1-8-10-12-13-15-21(20(7)17(3)4)16-19(6)18(5)14-11-9-2/h8-10,20-21H,2-3,5-6,11-16H2,1,4,7H3/b10-8-/t20?,21-/m1/s1. The summed E-state index contributed by atoms with van der Waals surface area (Å²) in [5, 5.41) is 0. The van der Waals surface area contributed by atoms with Crippen LogP contribution in [0, 0.1) is 11.8 Å². The van der Waals surface area contributed by atoms with Crippen LogP contribution in [-0.4, -0.2) is 0 Å². The lowest BCUT2D eigenvalue weighted by Gasteiger charge is -2.26. The molecule has 0 aliphatic heterocycles. The van der Waals surface area contributed by atoms with Crippen LogP contribution in [-0.2, 0) is 0 Å². The highest BCUT2D eigenvalue weighted by Crippen LogP contribution is 2.32. The van der Waals surface area contributed by atoms with E-state index < -0.39 is 0 Å². The van der Waals surface area contributed by atoms with Gasteiger partial charge in [0.2, 0.25) is 0 Å². The zero-order valence-electron chi connectivity index (χ0n) is 14.5. The minimum Gasteiger partial charge on any atom is -0.103 e. The lowest BCUT2D eigenvalue weighted by Crippen LogP contribution is -2.14. The van der Waals surface area contributed by atoms with Crippen molar-refractivity contribution in [3.05, 3.63) is 61.3 Å². The van der Waals surface area contributed by atoms with E-state index in [9.17, 15) is 0 Å². The fourth-order valence-corrected chi connectivity index (χ4v) is 2.51. The first kappa shape index (κ1) is 19.7. The van der Waals surface area contributed by atoms with Gasteiger partial charge in [0.1, 0.15) is 0 Å². The predicted octanol–water partition coefficient (Wildman–Crippen LogP) is 7.03. The second-order valence-corrected chi connectivity index (χ2v) is 6.13. The van der Waals surface area contributed by atoms with E-state index in [1.54, 1.807) is 0 Å². The van der Waals surface area contributed by atoms with Gasteiger partial charge in [-0.15, -0.1) is 6.58 Å². The summed E-state index contributed by atoms with van der Waals surface area (Å²) in [6.07, 6.45) is 13.0. The lowest BCUT2D eigenvalue weighted by atomic mass is 9.79. The molecule has 0 aliphatic rings. The molecule has 0 aliphatic carbocycles. The molecule has 0 rings (SSSR count). The van der Waals surface area contributed by atoms with Gasteiger partial charge in [-0.3, -0.25) is 0 Å². The second kappa shape index (κ2) is 11.4. The first-order valence-corrected chi connectivity index (χ1v) is 8.17. The highest BCUT2D eigenvalue weighted by atomic mass is 14.2. The van der Waals surface area contributed by atoms with Gasteiger partial charge in [0, 0.05) is 0 Å². The monoisotopic (exact) mass is 286 g/mol. The van der Waals surface area contributed by atoms with E-state index in [0.29, 0.717) is 11.8 Å². The zero-order valence-corrected chi connectivity index (χ0v) is 14.5. The van der Waals surface area contributed by atoms with Gasteiger partial charge in [-0.25, -0.2) is 0 Å². The maximum absolute atomic E-state index is 4.26. The Morgan fingerprint density at radius 1 is 1.10 bits per heavy atom. The number of allylic oxidation sites excluding steroid dienone is 6. The highest BCUT2D eigenvalue weighted by molar-refractivity contribution is 5.26. The minimum atomic E-state index is 0.541. The van der Waals surface area contributed by atoms with Crippen molar-refractivity contribution < 1.29 is 0 Å². The Hall–Kier alpha value is -1.30. The molecule has 118 valence electrons. The van der Waals surface area contributed by atoms with E-state index in [2.05, 4.69) is 59.2 Å². The van der Waals surface area contributed by atoms with E-state index in [4.69, 9.17) is 0 Å². The molecule has 0 aromatic heterocycles. The van der Waals surface area contributed by atoms with Gasteiger partial charge in [0.15, 0.2) is 0 Å². The fourth-order valence-electron chi connectivity index (χ4n) is 2.51. The summed E-state index contributed by atoms with van der Waals surface area (Å²) in [5.74, 6) is 1.17. The molecule has 0 heterocycles. The van der Waals surface area contributed by atoms with Crippen molar-refractivity contribution in [2.75, 3.05) is 0 Å². The van der Waals surface area contributed by atoms with Gasteiger partial charge < -0.3 is 0 Å². The summed E-state index contributed by atoms with van der Waals surface area (Å²) in [6, 6.07) is 0. The molecule has 0 nitrogen and oxygen atoms in total. The molecular formula is C21H34. The van der Waals surface area contributed by atoms with Crippen molar-refractivity contribution in [2.24, 2.45) is 11.8 Å². The van der Waals surface area contributed by atoms with Gasteiger partial charge >= 0.3 is 0 Å². The molecule has 0 saturated carbocycles. The summed E-state index contributed by atoms with van der Waals surface area (Å²) >= 11 is 0. The van der Waals surface area contributed by atoms with Crippen LogP contribution in [0.5, 0.6) is 0 Å². The van der Waals surface area contributed by atoms with Crippen LogP contribution in [0.15, 0.2) is 61.3 Å². The highest BCUT2D eigenvalue weighted by Gasteiger charge is 2.19. The van der Waals surface area contributed by atoms with Crippen molar-refractivity contribution >= 4 is 0 Å². The largest absolute Gasteiger partial charge is 0.103 e. The van der Waals surface area contributed by atoms with Gasteiger partial charge in [-0.2, -0.15) is 0 Å². The Kier molecular flexibility index (Phi) is 10.7. The maximum atomic E-state index is 4.26. The molecule has 1 unspecified atom stereocenters. The Morgan fingerprint density at radius 2 is 1.76 bits per heavy atom. The van der Waals surface area contributed by atoms with Crippen LogP contribution in [0.3, 0.4) is 0 Å². The van der Waals surface area contributed by atoms with Gasteiger partial charge in [-0.05, 0) is 64.2 Å². The number of rotatable bonds is 12. The van der Waals surface area contributed by atoms with Crippen molar-refractivity contribution in [3.8, 4) is 0 Å². The minimum absolute atomic E-state index is 0.541. The Bertz CT molecular complexity index is 381. The summed E-state index contributed by atoms with van der Waals surface area (Å²) in [4.78, 5) is 0. The van der Waals surface area contributed by atoms with Crippen molar-refractivity contribution in [1.82, 2.24) is 0 Å². The molecule has 0 bridgehead atoms. The second-order valence-electron chi connectivity index (χ2n) is 6.13. The Morgan fingerprint density at radius 3 is 2.29 bits per heavy atom. The van der Waals surface area contributed by atoms with Crippen LogP contribution in [0.1, 0.15) is 59.3 Å². The quantitative estimate of drug-likeness (QED) is 0.205. The summed E-state index contributed by atoms with van der Waals surface area (Å²) < 4.78 is 0. The first-order valence-electron chi connectivity index (χ1n) is 8.17. The average molecular weight is 287 g/mol. The maximum Gasteiger partial charge on any atom is -0.0206 e. The molecule has 0 aromatic rings. The smallest absolute Gasteiger partial charge is 0.0206 e. The van der Waals surface area contributed by atoms with E-state index in [1.807, 2.05) is 6.08 Å².